The molecule has 4 heteroatoms. The highest BCUT2D eigenvalue weighted by molar-refractivity contribution is 5.97. The first-order valence-corrected chi connectivity index (χ1v) is 7.85. The van der Waals surface area contributed by atoms with Gasteiger partial charge in [-0.2, -0.15) is 0 Å². The van der Waals surface area contributed by atoms with Gasteiger partial charge in [-0.3, -0.25) is 9.59 Å². The van der Waals surface area contributed by atoms with E-state index < -0.39 is 0 Å². The standard InChI is InChI=1S/C17H22N2O2/c1-12(20)18-14-6-4-5-13(11-14)17(21)19(16-9-10-16)15-7-2-3-8-15/h4-6,11,15-16H,2-3,7-10H2,1H3,(H,18,20). The van der Waals surface area contributed by atoms with Crippen molar-refractivity contribution in [1.82, 2.24) is 4.90 Å². The minimum Gasteiger partial charge on any atom is -0.333 e. The monoisotopic (exact) mass is 286 g/mol. The Bertz CT molecular complexity index is 545. The summed E-state index contributed by atoms with van der Waals surface area (Å²) >= 11 is 0. The molecular weight excluding hydrogens is 264 g/mol. The number of amides is 2. The van der Waals surface area contributed by atoms with Crippen LogP contribution in [-0.2, 0) is 4.79 Å². The highest BCUT2D eigenvalue weighted by Crippen LogP contribution is 2.35. The van der Waals surface area contributed by atoms with Crippen molar-refractivity contribution < 1.29 is 9.59 Å². The van der Waals surface area contributed by atoms with Gasteiger partial charge in [0.25, 0.3) is 5.91 Å². The molecule has 2 saturated carbocycles. The smallest absolute Gasteiger partial charge is 0.254 e. The number of nitrogens with zero attached hydrogens (tertiary/aromatic N) is 1. The molecule has 0 saturated heterocycles. The summed E-state index contributed by atoms with van der Waals surface area (Å²) in [6.07, 6.45) is 6.99. The number of rotatable bonds is 4. The van der Waals surface area contributed by atoms with Gasteiger partial charge in [-0.1, -0.05) is 18.9 Å². The van der Waals surface area contributed by atoms with Crippen molar-refractivity contribution in [3.8, 4) is 0 Å². The molecule has 0 aliphatic heterocycles. The van der Waals surface area contributed by atoms with Crippen LogP contribution in [0.5, 0.6) is 0 Å². The van der Waals surface area contributed by atoms with Crippen LogP contribution in [0.3, 0.4) is 0 Å². The number of nitrogens with one attached hydrogen (secondary N) is 1. The van der Waals surface area contributed by atoms with Crippen LogP contribution < -0.4 is 5.32 Å². The maximum absolute atomic E-state index is 12.9. The van der Waals surface area contributed by atoms with Crippen LogP contribution in [-0.4, -0.2) is 28.8 Å². The van der Waals surface area contributed by atoms with Crippen LogP contribution in [0.1, 0.15) is 55.8 Å². The lowest BCUT2D eigenvalue weighted by Gasteiger charge is -2.29. The summed E-state index contributed by atoms with van der Waals surface area (Å²) in [7, 11) is 0. The second kappa shape index (κ2) is 5.88. The first-order valence-electron chi connectivity index (χ1n) is 7.85. The average molecular weight is 286 g/mol. The zero-order valence-electron chi connectivity index (χ0n) is 12.5. The molecule has 2 aliphatic rings. The summed E-state index contributed by atoms with van der Waals surface area (Å²) in [6.45, 7) is 1.48. The van der Waals surface area contributed by atoms with E-state index in [1.165, 1.54) is 19.8 Å². The Morgan fingerprint density at radius 2 is 1.76 bits per heavy atom. The molecule has 0 bridgehead atoms. The predicted octanol–water partition coefficient (Wildman–Crippen LogP) is 3.19. The van der Waals surface area contributed by atoms with E-state index in [0.29, 0.717) is 23.3 Å². The first-order chi connectivity index (χ1) is 10.1. The van der Waals surface area contributed by atoms with Crippen LogP contribution in [0.4, 0.5) is 5.69 Å². The van der Waals surface area contributed by atoms with Gasteiger partial charge in [-0.05, 0) is 43.9 Å². The highest BCUT2D eigenvalue weighted by Gasteiger charge is 2.38. The zero-order valence-corrected chi connectivity index (χ0v) is 12.5. The Labute approximate surface area is 125 Å². The van der Waals surface area contributed by atoms with E-state index in [4.69, 9.17) is 0 Å². The topological polar surface area (TPSA) is 49.4 Å². The van der Waals surface area contributed by atoms with Crippen LogP contribution in [0.2, 0.25) is 0 Å². The van der Waals surface area contributed by atoms with E-state index in [9.17, 15) is 9.59 Å². The van der Waals surface area contributed by atoms with Gasteiger partial charge in [0, 0.05) is 30.3 Å². The number of benzene rings is 1. The molecule has 1 N–H and O–H groups in total. The maximum Gasteiger partial charge on any atom is 0.254 e. The number of hydrogen-bond acceptors (Lipinski definition) is 2. The van der Waals surface area contributed by atoms with Crippen LogP contribution in [0.15, 0.2) is 24.3 Å². The summed E-state index contributed by atoms with van der Waals surface area (Å²) in [5.41, 5.74) is 1.37. The van der Waals surface area contributed by atoms with Crippen LogP contribution >= 0.6 is 0 Å². The van der Waals surface area contributed by atoms with Crippen molar-refractivity contribution >= 4 is 17.5 Å². The number of anilines is 1. The first kappa shape index (κ1) is 14.1. The van der Waals surface area contributed by atoms with Crippen molar-refractivity contribution in [2.75, 3.05) is 5.32 Å². The Morgan fingerprint density at radius 1 is 1.10 bits per heavy atom. The third-order valence-electron chi connectivity index (χ3n) is 4.32. The van der Waals surface area contributed by atoms with Gasteiger partial charge in [0.2, 0.25) is 5.91 Å². The minimum atomic E-state index is -0.116. The molecule has 112 valence electrons. The van der Waals surface area contributed by atoms with E-state index in [-0.39, 0.29) is 11.8 Å². The molecule has 3 rings (SSSR count). The summed E-state index contributed by atoms with van der Waals surface area (Å²) < 4.78 is 0. The fourth-order valence-electron chi connectivity index (χ4n) is 3.25. The summed E-state index contributed by atoms with van der Waals surface area (Å²) in [6, 6.07) is 8.12. The summed E-state index contributed by atoms with van der Waals surface area (Å²) in [5.74, 6) is 0.00560. The molecule has 2 fully saturated rings. The third-order valence-corrected chi connectivity index (χ3v) is 4.32. The van der Waals surface area contributed by atoms with Gasteiger partial charge < -0.3 is 10.2 Å². The SMILES string of the molecule is CC(=O)Nc1cccc(C(=O)N(C2CCCC2)C2CC2)c1. The van der Waals surface area contributed by atoms with Crippen molar-refractivity contribution in [3.63, 3.8) is 0 Å². The fourth-order valence-corrected chi connectivity index (χ4v) is 3.25. The molecule has 2 aliphatic carbocycles. The molecule has 1 aromatic rings. The molecule has 0 radical (unpaired) electrons. The van der Waals surface area contributed by atoms with Crippen molar-refractivity contribution in [2.45, 2.75) is 57.5 Å². The molecule has 21 heavy (non-hydrogen) atoms. The second-order valence-electron chi connectivity index (χ2n) is 6.14. The maximum atomic E-state index is 12.9. The Morgan fingerprint density at radius 3 is 2.38 bits per heavy atom. The third kappa shape index (κ3) is 3.26. The van der Waals surface area contributed by atoms with Gasteiger partial charge in [0.15, 0.2) is 0 Å². The average Bonchev–Trinajstić information content (AvgIpc) is 3.13. The Kier molecular flexibility index (Phi) is 3.95. The molecular formula is C17H22N2O2. The van der Waals surface area contributed by atoms with E-state index in [2.05, 4.69) is 10.2 Å². The van der Waals surface area contributed by atoms with E-state index >= 15 is 0 Å². The lowest BCUT2D eigenvalue weighted by Crippen LogP contribution is -2.40. The van der Waals surface area contributed by atoms with Crippen LogP contribution in [0, 0.1) is 0 Å². The van der Waals surface area contributed by atoms with Crippen molar-refractivity contribution in [2.24, 2.45) is 0 Å². The second-order valence-corrected chi connectivity index (χ2v) is 6.14. The van der Waals surface area contributed by atoms with Gasteiger partial charge in [0.05, 0.1) is 0 Å². The highest BCUT2D eigenvalue weighted by atomic mass is 16.2. The number of carbonyl (C=O) groups is 2. The molecule has 0 unspecified atom stereocenters. The van der Waals surface area contributed by atoms with Crippen molar-refractivity contribution in [1.29, 1.82) is 0 Å². The minimum absolute atomic E-state index is 0.116. The molecule has 2 amide bonds. The van der Waals surface area contributed by atoms with Gasteiger partial charge in [-0.25, -0.2) is 0 Å². The lowest BCUT2D eigenvalue weighted by molar-refractivity contribution is -0.114. The molecule has 4 nitrogen and oxygen atoms in total. The predicted molar refractivity (Wildman–Crippen MR) is 82.2 cm³/mol. The largest absolute Gasteiger partial charge is 0.333 e. The molecule has 0 heterocycles. The molecule has 0 atom stereocenters. The van der Waals surface area contributed by atoms with E-state index in [1.54, 1.807) is 6.07 Å². The lowest BCUT2D eigenvalue weighted by atomic mass is 10.1. The van der Waals surface area contributed by atoms with E-state index in [0.717, 1.165) is 25.7 Å². The summed E-state index contributed by atoms with van der Waals surface area (Å²) in [5, 5.41) is 2.74. The quantitative estimate of drug-likeness (QED) is 0.924. The molecule has 0 spiro atoms. The Balaban J connectivity index is 1.80. The van der Waals surface area contributed by atoms with Gasteiger partial charge >= 0.3 is 0 Å². The normalized spacial score (nSPS) is 18.5. The van der Waals surface area contributed by atoms with Gasteiger partial charge in [0.1, 0.15) is 0 Å². The van der Waals surface area contributed by atoms with Crippen LogP contribution in [0.25, 0.3) is 0 Å². The zero-order chi connectivity index (χ0) is 14.8. The molecule has 1 aromatic carbocycles. The van der Waals surface area contributed by atoms with Gasteiger partial charge in [-0.15, -0.1) is 0 Å². The Hall–Kier alpha value is -1.84. The van der Waals surface area contributed by atoms with Crippen molar-refractivity contribution in [3.05, 3.63) is 29.8 Å². The van der Waals surface area contributed by atoms with E-state index in [1.807, 2.05) is 18.2 Å². The summed E-state index contributed by atoms with van der Waals surface area (Å²) in [4.78, 5) is 26.1. The molecule has 0 aromatic heterocycles. The number of hydrogen-bond donors (Lipinski definition) is 1. The fraction of sp³-hybridized carbons (Fsp3) is 0.529. The number of carbonyl (C=O) groups excluding carboxylic acids is 2.